The predicted molar refractivity (Wildman–Crippen MR) is 132 cm³/mol. The smallest absolute Gasteiger partial charge is 0.244 e. The number of piperazine rings is 1. The lowest BCUT2D eigenvalue weighted by molar-refractivity contribution is -0.120. The van der Waals surface area contributed by atoms with Gasteiger partial charge in [-0.2, -0.15) is 4.31 Å². The number of anilines is 2. The van der Waals surface area contributed by atoms with Crippen molar-refractivity contribution in [3.63, 3.8) is 0 Å². The molecule has 2 aromatic rings. The van der Waals surface area contributed by atoms with Gasteiger partial charge in [0.25, 0.3) is 0 Å². The van der Waals surface area contributed by atoms with Crippen LogP contribution in [0.25, 0.3) is 0 Å². The summed E-state index contributed by atoms with van der Waals surface area (Å²) in [5, 5.41) is 0. The molecule has 1 aromatic carbocycles. The summed E-state index contributed by atoms with van der Waals surface area (Å²) in [5.41, 5.74) is 0.914. The third kappa shape index (κ3) is 5.57. The molecule has 1 aromatic heterocycles. The average molecular weight is 488 g/mol. The molecule has 0 bridgehead atoms. The number of rotatable bonds is 7. The van der Waals surface area contributed by atoms with Crippen molar-refractivity contribution in [3.8, 4) is 0 Å². The lowest BCUT2D eigenvalue weighted by Gasteiger charge is -2.36. The van der Waals surface area contributed by atoms with Crippen LogP contribution in [0.4, 0.5) is 11.5 Å². The molecule has 0 atom stereocenters. The molecule has 0 unspecified atom stereocenters. The molecule has 10 heteroatoms. The standard InChI is InChI=1S/C24H33N5O4S/c1-20(2)29(21-6-4-3-5-7-21)24(30)19-26-10-12-27(13-11-26)23-9-8-22(18-25-23)34(31,32)28-14-16-33-17-15-28/h3-9,18,20H,10-17,19H2,1-2H3. The first-order valence-electron chi connectivity index (χ1n) is 11.7. The SMILES string of the molecule is CC(C)N(C(=O)CN1CCN(c2ccc(S(=O)(=O)N3CCOCC3)cn2)CC1)c1ccccc1. The van der Waals surface area contributed by atoms with Gasteiger partial charge in [0.15, 0.2) is 0 Å². The van der Waals surface area contributed by atoms with Gasteiger partial charge < -0.3 is 14.5 Å². The van der Waals surface area contributed by atoms with Gasteiger partial charge in [-0.25, -0.2) is 13.4 Å². The molecule has 3 heterocycles. The number of aromatic nitrogens is 1. The fourth-order valence-corrected chi connectivity index (χ4v) is 5.72. The van der Waals surface area contributed by atoms with E-state index in [2.05, 4.69) is 14.8 Å². The van der Waals surface area contributed by atoms with Crippen LogP contribution in [0.2, 0.25) is 0 Å². The summed E-state index contributed by atoms with van der Waals surface area (Å²) in [6.07, 6.45) is 1.44. The Morgan fingerprint density at radius 3 is 2.26 bits per heavy atom. The van der Waals surface area contributed by atoms with Crippen LogP contribution in [0.15, 0.2) is 53.6 Å². The van der Waals surface area contributed by atoms with Gasteiger partial charge in [0, 0.05) is 57.2 Å². The summed E-state index contributed by atoms with van der Waals surface area (Å²) in [5.74, 6) is 0.838. The van der Waals surface area contributed by atoms with E-state index in [9.17, 15) is 13.2 Å². The molecule has 0 saturated carbocycles. The van der Waals surface area contributed by atoms with Crippen LogP contribution in [0, 0.1) is 0 Å². The Labute approximate surface area is 202 Å². The van der Waals surface area contributed by atoms with Crippen molar-refractivity contribution in [1.82, 2.24) is 14.2 Å². The number of para-hydroxylation sites is 1. The van der Waals surface area contributed by atoms with Crippen LogP contribution in [-0.4, -0.2) is 93.6 Å². The van der Waals surface area contributed by atoms with Crippen LogP contribution in [0.3, 0.4) is 0 Å². The van der Waals surface area contributed by atoms with Crippen molar-refractivity contribution in [2.75, 3.05) is 68.8 Å². The van der Waals surface area contributed by atoms with Crippen LogP contribution < -0.4 is 9.80 Å². The van der Waals surface area contributed by atoms with Gasteiger partial charge in [0.05, 0.1) is 19.8 Å². The Balaban J connectivity index is 1.33. The number of benzene rings is 1. The molecule has 2 fully saturated rings. The minimum atomic E-state index is -3.55. The van der Waals surface area contributed by atoms with Gasteiger partial charge >= 0.3 is 0 Å². The Morgan fingerprint density at radius 2 is 1.68 bits per heavy atom. The molecule has 184 valence electrons. The number of morpholine rings is 1. The third-order valence-electron chi connectivity index (χ3n) is 6.20. The minimum absolute atomic E-state index is 0.0765. The van der Waals surface area contributed by atoms with Gasteiger partial charge in [-0.05, 0) is 38.1 Å². The molecule has 9 nitrogen and oxygen atoms in total. The Bertz CT molecular complexity index is 1050. The summed E-state index contributed by atoms with van der Waals surface area (Å²) in [7, 11) is -3.55. The molecule has 2 saturated heterocycles. The van der Waals surface area contributed by atoms with Gasteiger partial charge in [-0.3, -0.25) is 9.69 Å². The Hall–Kier alpha value is -2.53. The van der Waals surface area contributed by atoms with E-state index in [0.717, 1.165) is 37.7 Å². The molecule has 0 spiro atoms. The zero-order valence-corrected chi connectivity index (χ0v) is 20.7. The quantitative estimate of drug-likeness (QED) is 0.587. The largest absolute Gasteiger partial charge is 0.379 e. The number of sulfonamides is 1. The summed E-state index contributed by atoms with van der Waals surface area (Å²) in [6.45, 7) is 8.90. The second kappa shape index (κ2) is 10.8. The van der Waals surface area contributed by atoms with E-state index >= 15 is 0 Å². The van der Waals surface area contributed by atoms with E-state index in [1.807, 2.05) is 49.1 Å². The number of nitrogens with zero attached hydrogens (tertiary/aromatic N) is 5. The first-order chi connectivity index (χ1) is 16.4. The molecular formula is C24H33N5O4S. The maximum Gasteiger partial charge on any atom is 0.244 e. The molecule has 0 radical (unpaired) electrons. The van der Waals surface area contributed by atoms with E-state index in [0.29, 0.717) is 32.8 Å². The van der Waals surface area contributed by atoms with E-state index in [1.165, 1.54) is 10.5 Å². The summed E-state index contributed by atoms with van der Waals surface area (Å²) >= 11 is 0. The van der Waals surface area contributed by atoms with Crippen molar-refractivity contribution in [1.29, 1.82) is 0 Å². The number of pyridine rings is 1. The van der Waals surface area contributed by atoms with Gasteiger partial charge in [0.2, 0.25) is 15.9 Å². The van der Waals surface area contributed by atoms with E-state index in [1.54, 1.807) is 12.1 Å². The molecule has 0 N–H and O–H groups in total. The lowest BCUT2D eigenvalue weighted by atomic mass is 10.2. The van der Waals surface area contributed by atoms with E-state index < -0.39 is 10.0 Å². The van der Waals surface area contributed by atoms with Crippen LogP contribution in [0.5, 0.6) is 0 Å². The van der Waals surface area contributed by atoms with Crippen molar-refractivity contribution >= 4 is 27.4 Å². The molecular weight excluding hydrogens is 454 g/mol. The Kier molecular flexibility index (Phi) is 7.82. The normalized spacial score (nSPS) is 18.3. The first-order valence-corrected chi connectivity index (χ1v) is 13.2. The highest BCUT2D eigenvalue weighted by atomic mass is 32.2. The molecule has 2 aliphatic rings. The van der Waals surface area contributed by atoms with Crippen LogP contribution in [-0.2, 0) is 19.6 Å². The second-order valence-corrected chi connectivity index (χ2v) is 10.8. The fourth-order valence-electron chi connectivity index (χ4n) is 4.37. The molecule has 0 aliphatic carbocycles. The number of hydrogen-bond donors (Lipinski definition) is 0. The number of ether oxygens (including phenoxy) is 1. The maximum absolute atomic E-state index is 13.1. The number of amides is 1. The predicted octanol–water partition coefficient (Wildman–Crippen LogP) is 1.67. The van der Waals surface area contributed by atoms with Gasteiger partial charge in [-0.15, -0.1) is 0 Å². The maximum atomic E-state index is 13.1. The summed E-state index contributed by atoms with van der Waals surface area (Å²) in [4.78, 5) is 23.8. The zero-order chi connectivity index (χ0) is 24.1. The first kappa shape index (κ1) is 24.6. The topological polar surface area (TPSA) is 86.3 Å². The summed E-state index contributed by atoms with van der Waals surface area (Å²) in [6, 6.07) is 13.2. The molecule has 1 amide bonds. The molecule has 34 heavy (non-hydrogen) atoms. The average Bonchev–Trinajstić information content (AvgIpc) is 2.86. The van der Waals surface area contributed by atoms with Crippen LogP contribution >= 0.6 is 0 Å². The fraction of sp³-hybridized carbons (Fsp3) is 0.500. The highest BCUT2D eigenvalue weighted by molar-refractivity contribution is 7.89. The number of hydrogen-bond acceptors (Lipinski definition) is 7. The minimum Gasteiger partial charge on any atom is -0.379 e. The summed E-state index contributed by atoms with van der Waals surface area (Å²) < 4.78 is 32.3. The second-order valence-electron chi connectivity index (χ2n) is 8.82. The number of carbonyl (C=O) groups is 1. The van der Waals surface area contributed by atoms with Crippen molar-refractivity contribution in [2.45, 2.75) is 24.8 Å². The number of carbonyl (C=O) groups excluding carboxylic acids is 1. The monoisotopic (exact) mass is 487 g/mol. The van der Waals surface area contributed by atoms with E-state index in [4.69, 9.17) is 4.74 Å². The highest BCUT2D eigenvalue weighted by Crippen LogP contribution is 2.21. The molecule has 2 aliphatic heterocycles. The zero-order valence-electron chi connectivity index (χ0n) is 19.8. The van der Waals surface area contributed by atoms with Crippen LogP contribution in [0.1, 0.15) is 13.8 Å². The lowest BCUT2D eigenvalue weighted by Crippen LogP contribution is -2.51. The molecule has 4 rings (SSSR count). The van der Waals surface area contributed by atoms with Gasteiger partial charge in [0.1, 0.15) is 10.7 Å². The van der Waals surface area contributed by atoms with E-state index in [-0.39, 0.29) is 16.8 Å². The van der Waals surface area contributed by atoms with Crippen molar-refractivity contribution in [2.24, 2.45) is 0 Å². The van der Waals surface area contributed by atoms with Crippen molar-refractivity contribution in [3.05, 3.63) is 48.7 Å². The highest BCUT2D eigenvalue weighted by Gasteiger charge is 2.28. The van der Waals surface area contributed by atoms with Crippen molar-refractivity contribution < 1.29 is 17.9 Å². The third-order valence-corrected chi connectivity index (χ3v) is 8.09. The Morgan fingerprint density at radius 1 is 1.00 bits per heavy atom. The van der Waals surface area contributed by atoms with Gasteiger partial charge in [-0.1, -0.05) is 18.2 Å².